The molecule has 0 bridgehead atoms. The second-order valence-electron chi connectivity index (χ2n) is 3.70. The quantitative estimate of drug-likeness (QED) is 0.922. The van der Waals surface area contributed by atoms with Crippen molar-refractivity contribution >= 4 is 17.2 Å². The number of allylic oxidation sites excluding steroid dienone is 2. The van der Waals surface area contributed by atoms with E-state index in [2.05, 4.69) is 15.3 Å². The maximum absolute atomic E-state index is 11.9. The highest BCUT2D eigenvalue weighted by molar-refractivity contribution is 7.16. The number of carbonyl (C=O) groups is 1. The number of aromatic nitrogens is 2. The minimum absolute atomic E-state index is 0.127. The van der Waals surface area contributed by atoms with Crippen LogP contribution in [0.25, 0.3) is 10.6 Å². The molecule has 2 aromatic rings. The molecule has 0 aromatic carbocycles. The summed E-state index contributed by atoms with van der Waals surface area (Å²) in [7, 11) is 0. The number of carbonyl (C=O) groups excluding carboxylic acids is 1. The van der Waals surface area contributed by atoms with Crippen molar-refractivity contribution in [1.29, 1.82) is 0 Å². The fourth-order valence-electron chi connectivity index (χ4n) is 1.31. The summed E-state index contributed by atoms with van der Waals surface area (Å²) in [5.41, 5.74) is 1.75. The Kier molecular flexibility index (Phi) is 3.84. The predicted octanol–water partition coefficient (Wildman–Crippen LogP) is 2.86. The Balaban J connectivity index is 2.19. The monoisotopic (exact) mass is 259 g/mol. The summed E-state index contributed by atoms with van der Waals surface area (Å²) in [4.78, 5) is 20.7. The molecular weight excluding hydrogens is 246 g/mol. The van der Waals surface area contributed by atoms with Crippen LogP contribution >= 0.6 is 11.3 Å². The number of rotatable bonds is 3. The summed E-state index contributed by atoms with van der Waals surface area (Å²) < 4.78 is 0. The molecule has 2 rings (SSSR count). The number of thiazole rings is 1. The van der Waals surface area contributed by atoms with Gasteiger partial charge in [-0.05, 0) is 26.0 Å². The maximum Gasteiger partial charge on any atom is 0.267 e. The van der Waals surface area contributed by atoms with Crippen molar-refractivity contribution < 1.29 is 4.79 Å². The Morgan fingerprint density at radius 3 is 2.94 bits per heavy atom. The lowest BCUT2D eigenvalue weighted by molar-refractivity contribution is 0.0969. The predicted molar refractivity (Wildman–Crippen MR) is 72.2 cm³/mol. The Morgan fingerprint density at radius 1 is 1.44 bits per heavy atom. The number of nitrogens with zero attached hydrogens (tertiary/aromatic N) is 2. The van der Waals surface area contributed by atoms with Gasteiger partial charge in [-0.1, -0.05) is 6.08 Å². The average molecular weight is 259 g/mol. The van der Waals surface area contributed by atoms with Crippen LogP contribution in [0.15, 0.2) is 42.5 Å². The van der Waals surface area contributed by atoms with E-state index in [0.717, 1.165) is 16.3 Å². The van der Waals surface area contributed by atoms with Crippen LogP contribution in [0.4, 0.5) is 0 Å². The minimum Gasteiger partial charge on any atom is -0.326 e. The molecule has 0 unspecified atom stereocenters. The van der Waals surface area contributed by atoms with E-state index in [1.165, 1.54) is 11.3 Å². The van der Waals surface area contributed by atoms with Gasteiger partial charge in [0.15, 0.2) is 0 Å². The Labute approximate surface area is 109 Å². The second kappa shape index (κ2) is 5.55. The van der Waals surface area contributed by atoms with E-state index < -0.39 is 0 Å². The first-order valence-electron chi connectivity index (χ1n) is 5.51. The molecule has 0 saturated heterocycles. The molecule has 2 heterocycles. The van der Waals surface area contributed by atoms with Crippen LogP contribution in [0, 0.1) is 0 Å². The summed E-state index contributed by atoms with van der Waals surface area (Å²) in [6.45, 7) is 3.73. The van der Waals surface area contributed by atoms with Gasteiger partial charge in [0.05, 0.1) is 6.20 Å². The van der Waals surface area contributed by atoms with Crippen molar-refractivity contribution in [3.8, 4) is 10.6 Å². The minimum atomic E-state index is -0.127. The van der Waals surface area contributed by atoms with E-state index in [4.69, 9.17) is 0 Å². The lowest BCUT2D eigenvalue weighted by Crippen LogP contribution is -2.19. The second-order valence-corrected chi connectivity index (χ2v) is 4.73. The van der Waals surface area contributed by atoms with Gasteiger partial charge < -0.3 is 5.32 Å². The van der Waals surface area contributed by atoms with E-state index in [9.17, 15) is 4.79 Å². The van der Waals surface area contributed by atoms with E-state index >= 15 is 0 Å². The van der Waals surface area contributed by atoms with Crippen molar-refractivity contribution in [2.45, 2.75) is 13.8 Å². The number of amides is 1. The number of hydrogen-bond donors (Lipinski definition) is 1. The summed E-state index contributed by atoms with van der Waals surface area (Å²) in [5.74, 6) is -0.127. The molecule has 0 radical (unpaired) electrons. The molecule has 18 heavy (non-hydrogen) atoms. The fourth-order valence-corrected chi connectivity index (χ4v) is 2.12. The highest BCUT2D eigenvalue weighted by Crippen LogP contribution is 2.24. The lowest BCUT2D eigenvalue weighted by atomic mass is 10.3. The van der Waals surface area contributed by atoms with Gasteiger partial charge in [0.1, 0.15) is 9.88 Å². The first-order chi connectivity index (χ1) is 8.70. The summed E-state index contributed by atoms with van der Waals surface area (Å²) in [6.07, 6.45) is 6.88. The molecule has 5 heteroatoms. The van der Waals surface area contributed by atoms with Crippen LogP contribution in [0.1, 0.15) is 23.5 Å². The molecule has 2 aromatic heterocycles. The van der Waals surface area contributed by atoms with Gasteiger partial charge in [0.25, 0.3) is 5.91 Å². The smallest absolute Gasteiger partial charge is 0.267 e. The van der Waals surface area contributed by atoms with Crippen LogP contribution in [0.2, 0.25) is 0 Å². The van der Waals surface area contributed by atoms with Gasteiger partial charge in [0, 0.05) is 23.7 Å². The van der Waals surface area contributed by atoms with Gasteiger partial charge in [-0.25, -0.2) is 4.98 Å². The largest absolute Gasteiger partial charge is 0.326 e. The van der Waals surface area contributed by atoms with Crippen molar-refractivity contribution in [3.63, 3.8) is 0 Å². The van der Waals surface area contributed by atoms with E-state index in [-0.39, 0.29) is 5.91 Å². The van der Waals surface area contributed by atoms with Crippen LogP contribution in [-0.4, -0.2) is 15.9 Å². The zero-order chi connectivity index (χ0) is 13.0. The van der Waals surface area contributed by atoms with E-state index in [0.29, 0.717) is 4.88 Å². The van der Waals surface area contributed by atoms with Crippen molar-refractivity contribution in [1.82, 2.24) is 15.3 Å². The third-order valence-electron chi connectivity index (χ3n) is 2.38. The normalized spacial score (nSPS) is 11.3. The van der Waals surface area contributed by atoms with Crippen molar-refractivity contribution in [2.24, 2.45) is 0 Å². The molecule has 0 fully saturated rings. The molecule has 1 N–H and O–H groups in total. The molecule has 0 aliphatic carbocycles. The van der Waals surface area contributed by atoms with Crippen molar-refractivity contribution in [2.75, 3.05) is 0 Å². The molecule has 0 saturated carbocycles. The fraction of sp³-hybridized carbons (Fsp3) is 0.154. The topological polar surface area (TPSA) is 54.9 Å². The first kappa shape index (κ1) is 12.4. The van der Waals surface area contributed by atoms with Gasteiger partial charge in [0.2, 0.25) is 0 Å². The van der Waals surface area contributed by atoms with E-state index in [1.54, 1.807) is 18.6 Å². The van der Waals surface area contributed by atoms with E-state index in [1.807, 2.05) is 32.1 Å². The van der Waals surface area contributed by atoms with Gasteiger partial charge in [-0.3, -0.25) is 9.78 Å². The molecular formula is C13H13N3OS. The standard InChI is InChI=1S/C13H13N3OS/c1-3-9(2)16-12(17)11-8-15-13(18-11)10-5-4-6-14-7-10/h3-8H,1-2H3,(H,16,17)/b9-3+. The van der Waals surface area contributed by atoms with Gasteiger partial charge in [-0.2, -0.15) is 0 Å². The Bertz CT molecular complexity index is 575. The molecule has 92 valence electrons. The van der Waals surface area contributed by atoms with Gasteiger partial charge in [-0.15, -0.1) is 11.3 Å². The average Bonchev–Trinajstić information content (AvgIpc) is 2.89. The zero-order valence-electron chi connectivity index (χ0n) is 10.2. The zero-order valence-corrected chi connectivity index (χ0v) is 11.0. The SMILES string of the molecule is C/C=C(\C)NC(=O)c1cnc(-c2cccnc2)s1. The number of pyridine rings is 1. The third-order valence-corrected chi connectivity index (χ3v) is 3.43. The summed E-state index contributed by atoms with van der Waals surface area (Å²) in [6, 6.07) is 3.77. The number of hydrogen-bond acceptors (Lipinski definition) is 4. The summed E-state index contributed by atoms with van der Waals surface area (Å²) >= 11 is 1.36. The van der Waals surface area contributed by atoms with Crippen LogP contribution in [-0.2, 0) is 0 Å². The van der Waals surface area contributed by atoms with Crippen LogP contribution in [0.5, 0.6) is 0 Å². The molecule has 0 aliphatic rings. The number of nitrogens with one attached hydrogen (secondary N) is 1. The Hall–Kier alpha value is -2.01. The third kappa shape index (κ3) is 2.81. The highest BCUT2D eigenvalue weighted by atomic mass is 32.1. The molecule has 0 spiro atoms. The van der Waals surface area contributed by atoms with Gasteiger partial charge >= 0.3 is 0 Å². The lowest BCUT2D eigenvalue weighted by Gasteiger charge is -2.01. The maximum atomic E-state index is 11.9. The highest BCUT2D eigenvalue weighted by Gasteiger charge is 2.11. The molecule has 0 aliphatic heterocycles. The molecule has 1 amide bonds. The Morgan fingerprint density at radius 2 is 2.28 bits per heavy atom. The first-order valence-corrected chi connectivity index (χ1v) is 6.33. The van der Waals surface area contributed by atoms with Crippen LogP contribution < -0.4 is 5.32 Å². The molecule has 0 atom stereocenters. The van der Waals surface area contributed by atoms with Crippen molar-refractivity contribution in [3.05, 3.63) is 47.4 Å². The van der Waals surface area contributed by atoms with Crippen LogP contribution in [0.3, 0.4) is 0 Å². The molecule has 4 nitrogen and oxygen atoms in total. The summed E-state index contributed by atoms with van der Waals surface area (Å²) in [5, 5.41) is 3.59.